The van der Waals surface area contributed by atoms with Gasteiger partial charge in [0, 0.05) is 29.4 Å². The molecule has 2 aromatic rings. The maximum absolute atomic E-state index is 4.34. The number of rotatable bonds is 5. The van der Waals surface area contributed by atoms with Gasteiger partial charge in [-0.1, -0.05) is 18.2 Å². The Bertz CT molecular complexity index is 442. The predicted molar refractivity (Wildman–Crippen MR) is 70.8 cm³/mol. The summed E-state index contributed by atoms with van der Waals surface area (Å²) < 4.78 is 0. The predicted octanol–water partition coefficient (Wildman–Crippen LogP) is 2.49. The Balaban J connectivity index is 1.91. The van der Waals surface area contributed by atoms with E-state index < -0.39 is 0 Å². The van der Waals surface area contributed by atoms with Gasteiger partial charge in [-0.25, -0.2) is 9.97 Å². The van der Waals surface area contributed by atoms with E-state index in [0.29, 0.717) is 0 Å². The summed E-state index contributed by atoms with van der Waals surface area (Å²) in [5.74, 6) is 1.68. The standard InChI is InChI=1S/C13H15N3S/c1-14-7-11-8-15-13(16-9-11)10-17-12-5-3-2-4-6-12/h2-6,8-9,14H,7,10H2,1H3. The van der Waals surface area contributed by atoms with Crippen LogP contribution in [0.2, 0.25) is 0 Å². The normalized spacial score (nSPS) is 10.4. The molecule has 1 heterocycles. The number of nitrogens with zero attached hydrogens (tertiary/aromatic N) is 2. The molecule has 0 radical (unpaired) electrons. The first-order valence-corrected chi connectivity index (χ1v) is 6.49. The first-order valence-electron chi connectivity index (χ1n) is 5.51. The zero-order chi connectivity index (χ0) is 11.9. The van der Waals surface area contributed by atoms with Crippen molar-refractivity contribution in [3.8, 4) is 0 Å². The van der Waals surface area contributed by atoms with Crippen LogP contribution in [-0.4, -0.2) is 17.0 Å². The van der Waals surface area contributed by atoms with Gasteiger partial charge in [0.2, 0.25) is 0 Å². The molecule has 0 aliphatic carbocycles. The highest BCUT2D eigenvalue weighted by Crippen LogP contribution is 2.20. The third kappa shape index (κ3) is 3.84. The molecule has 2 rings (SSSR count). The van der Waals surface area contributed by atoms with Crippen molar-refractivity contribution >= 4 is 11.8 Å². The zero-order valence-electron chi connectivity index (χ0n) is 9.76. The van der Waals surface area contributed by atoms with Crippen molar-refractivity contribution in [2.75, 3.05) is 7.05 Å². The highest BCUT2D eigenvalue weighted by molar-refractivity contribution is 7.98. The summed E-state index contributed by atoms with van der Waals surface area (Å²) in [6, 6.07) is 10.3. The van der Waals surface area contributed by atoms with E-state index in [4.69, 9.17) is 0 Å². The van der Waals surface area contributed by atoms with Gasteiger partial charge >= 0.3 is 0 Å². The largest absolute Gasteiger partial charge is 0.316 e. The first kappa shape index (κ1) is 12.1. The number of hydrogen-bond acceptors (Lipinski definition) is 4. The van der Waals surface area contributed by atoms with Crippen molar-refractivity contribution in [3.05, 3.63) is 54.1 Å². The molecule has 4 heteroatoms. The van der Waals surface area contributed by atoms with E-state index in [1.807, 2.05) is 37.6 Å². The minimum absolute atomic E-state index is 0.809. The van der Waals surface area contributed by atoms with Crippen LogP contribution in [0.4, 0.5) is 0 Å². The van der Waals surface area contributed by atoms with Crippen LogP contribution in [0, 0.1) is 0 Å². The van der Waals surface area contributed by atoms with E-state index >= 15 is 0 Å². The molecule has 17 heavy (non-hydrogen) atoms. The van der Waals surface area contributed by atoms with E-state index in [9.17, 15) is 0 Å². The Morgan fingerprint density at radius 3 is 2.47 bits per heavy atom. The molecular formula is C13H15N3S. The Morgan fingerprint density at radius 1 is 1.12 bits per heavy atom. The van der Waals surface area contributed by atoms with Crippen molar-refractivity contribution in [2.45, 2.75) is 17.2 Å². The molecule has 0 fully saturated rings. The zero-order valence-corrected chi connectivity index (χ0v) is 10.6. The quantitative estimate of drug-likeness (QED) is 0.821. The van der Waals surface area contributed by atoms with Gasteiger partial charge in [0.15, 0.2) is 0 Å². The molecule has 0 saturated heterocycles. The summed E-state index contributed by atoms with van der Waals surface area (Å²) >= 11 is 1.75. The van der Waals surface area contributed by atoms with Crippen LogP contribution in [0.15, 0.2) is 47.6 Å². The van der Waals surface area contributed by atoms with Crippen LogP contribution < -0.4 is 5.32 Å². The summed E-state index contributed by atoms with van der Waals surface area (Å²) in [4.78, 5) is 9.93. The molecule has 0 spiro atoms. The van der Waals surface area contributed by atoms with Crippen LogP contribution in [0.5, 0.6) is 0 Å². The van der Waals surface area contributed by atoms with E-state index in [1.54, 1.807) is 11.8 Å². The van der Waals surface area contributed by atoms with Crippen molar-refractivity contribution in [2.24, 2.45) is 0 Å². The lowest BCUT2D eigenvalue weighted by atomic mass is 10.3. The Kier molecular flexibility index (Phi) is 4.53. The lowest BCUT2D eigenvalue weighted by molar-refractivity contribution is 0.801. The van der Waals surface area contributed by atoms with Crippen LogP contribution >= 0.6 is 11.8 Å². The molecule has 1 N–H and O–H groups in total. The first-order chi connectivity index (χ1) is 8.38. The third-order valence-corrected chi connectivity index (χ3v) is 3.26. The summed E-state index contributed by atoms with van der Waals surface area (Å²) in [5, 5.41) is 3.08. The second-order valence-corrected chi connectivity index (χ2v) is 4.69. The average molecular weight is 245 g/mol. The van der Waals surface area contributed by atoms with Crippen LogP contribution in [0.25, 0.3) is 0 Å². The second-order valence-electron chi connectivity index (χ2n) is 3.64. The molecule has 0 aliphatic heterocycles. The smallest absolute Gasteiger partial charge is 0.138 e. The fourth-order valence-corrected chi connectivity index (χ4v) is 2.21. The average Bonchev–Trinajstić information content (AvgIpc) is 2.40. The maximum atomic E-state index is 4.34. The lowest BCUT2D eigenvalue weighted by Crippen LogP contribution is -2.06. The maximum Gasteiger partial charge on any atom is 0.138 e. The molecule has 1 aromatic heterocycles. The van der Waals surface area contributed by atoms with E-state index in [0.717, 1.165) is 23.7 Å². The van der Waals surface area contributed by atoms with Crippen LogP contribution in [-0.2, 0) is 12.3 Å². The monoisotopic (exact) mass is 245 g/mol. The SMILES string of the molecule is CNCc1cnc(CSc2ccccc2)nc1. The molecule has 3 nitrogen and oxygen atoms in total. The van der Waals surface area contributed by atoms with Gasteiger partial charge in [-0.15, -0.1) is 11.8 Å². The van der Waals surface area contributed by atoms with Gasteiger partial charge in [0.1, 0.15) is 5.82 Å². The minimum Gasteiger partial charge on any atom is -0.316 e. The van der Waals surface area contributed by atoms with Crippen molar-refractivity contribution in [1.29, 1.82) is 0 Å². The summed E-state index contributed by atoms with van der Waals surface area (Å²) in [7, 11) is 1.92. The van der Waals surface area contributed by atoms with Gasteiger partial charge < -0.3 is 5.32 Å². The summed E-state index contributed by atoms with van der Waals surface area (Å²) in [5.41, 5.74) is 1.11. The number of thioether (sulfide) groups is 1. The van der Waals surface area contributed by atoms with Gasteiger partial charge in [0.05, 0.1) is 5.75 Å². The number of nitrogens with one attached hydrogen (secondary N) is 1. The fraction of sp³-hybridized carbons (Fsp3) is 0.231. The molecule has 0 amide bonds. The van der Waals surface area contributed by atoms with E-state index in [-0.39, 0.29) is 0 Å². The van der Waals surface area contributed by atoms with E-state index in [1.165, 1.54) is 4.90 Å². The van der Waals surface area contributed by atoms with Crippen LogP contribution in [0.1, 0.15) is 11.4 Å². The summed E-state index contributed by atoms with van der Waals surface area (Å²) in [6.07, 6.45) is 3.76. The molecule has 0 atom stereocenters. The Hall–Kier alpha value is -1.39. The molecule has 0 aliphatic rings. The fourth-order valence-electron chi connectivity index (χ4n) is 1.42. The second kappa shape index (κ2) is 6.37. The van der Waals surface area contributed by atoms with Crippen molar-refractivity contribution in [1.82, 2.24) is 15.3 Å². The van der Waals surface area contributed by atoms with E-state index in [2.05, 4.69) is 27.4 Å². The molecule has 1 aromatic carbocycles. The van der Waals surface area contributed by atoms with Gasteiger partial charge in [-0.2, -0.15) is 0 Å². The topological polar surface area (TPSA) is 37.8 Å². The lowest BCUT2D eigenvalue weighted by Gasteiger charge is -2.02. The van der Waals surface area contributed by atoms with Gasteiger partial charge in [-0.05, 0) is 19.2 Å². The van der Waals surface area contributed by atoms with Gasteiger partial charge in [-0.3, -0.25) is 0 Å². The van der Waals surface area contributed by atoms with Gasteiger partial charge in [0.25, 0.3) is 0 Å². The minimum atomic E-state index is 0.809. The molecule has 0 bridgehead atoms. The highest BCUT2D eigenvalue weighted by atomic mass is 32.2. The molecule has 88 valence electrons. The third-order valence-electron chi connectivity index (χ3n) is 2.25. The van der Waals surface area contributed by atoms with Crippen molar-refractivity contribution < 1.29 is 0 Å². The Morgan fingerprint density at radius 2 is 1.82 bits per heavy atom. The number of aromatic nitrogens is 2. The van der Waals surface area contributed by atoms with Crippen molar-refractivity contribution in [3.63, 3.8) is 0 Å². The molecule has 0 unspecified atom stereocenters. The Labute approximate surface area is 106 Å². The van der Waals surface area contributed by atoms with Crippen LogP contribution in [0.3, 0.4) is 0 Å². The number of hydrogen-bond donors (Lipinski definition) is 1. The molecule has 0 saturated carbocycles. The summed E-state index contributed by atoms with van der Waals surface area (Å²) in [6.45, 7) is 0.812. The number of benzene rings is 1. The highest BCUT2D eigenvalue weighted by Gasteiger charge is 1.99. The molecular weight excluding hydrogens is 230 g/mol.